The Balaban J connectivity index is 0. The van der Waals surface area contributed by atoms with Crippen LogP contribution in [0.4, 0.5) is 0 Å². The van der Waals surface area contributed by atoms with E-state index in [0.29, 0.717) is 0 Å². The van der Waals surface area contributed by atoms with Crippen LogP contribution < -0.4 is 22.0 Å². The molecule has 0 bridgehead atoms. The predicted molar refractivity (Wildman–Crippen MR) is 35.1 cm³/mol. The van der Waals surface area contributed by atoms with Crippen LogP contribution in [0.25, 0.3) is 0 Å². The van der Waals surface area contributed by atoms with Crippen molar-refractivity contribution in [3.8, 4) is 0 Å². The van der Waals surface area contributed by atoms with Crippen molar-refractivity contribution in [2.75, 3.05) is 0 Å². The van der Waals surface area contributed by atoms with Crippen LogP contribution in [-0.2, 0) is 4.79 Å². The number of carboxylic acid groups (broad SMARTS) is 1. The van der Waals surface area contributed by atoms with Gasteiger partial charge in [0.1, 0.15) is 0 Å². The first-order chi connectivity index (χ1) is 4.37. The van der Waals surface area contributed by atoms with Gasteiger partial charge in [-0.1, -0.05) is 6.58 Å². The molecule has 0 aliphatic heterocycles. The summed E-state index contributed by atoms with van der Waals surface area (Å²) in [5, 5.41) is 14.1. The molecule has 0 aliphatic rings. The Morgan fingerprint density at radius 3 is 1.70 bits per heavy atom. The van der Waals surface area contributed by atoms with Crippen LogP contribution in [0, 0.1) is 0 Å². The molecule has 0 atom stereocenters. The molecule has 0 rings (SSSR count). The van der Waals surface area contributed by atoms with E-state index in [-0.39, 0.29) is 11.5 Å². The van der Waals surface area contributed by atoms with Gasteiger partial charge in [0.2, 0.25) is 0 Å². The quantitative estimate of drug-likeness (QED) is 0.200. The van der Waals surface area contributed by atoms with Crippen molar-refractivity contribution in [3.63, 3.8) is 0 Å². The third kappa shape index (κ3) is 31.6. The summed E-state index contributed by atoms with van der Waals surface area (Å²) in [5.41, 5.74) is 9.23. The third-order valence-electron chi connectivity index (χ3n) is 0.348. The molecule has 0 saturated heterocycles. The molecule has 0 fully saturated rings. The average molecular weight is 145 g/mol. The number of rotatable bonds is 1. The standard InChI is InChI=1S/C4H6O2.CH5N3/c1-3(2)4(5)6;2-1(3)4/h1H2,2H3,(H,5,6);(H5,2,3,4). The van der Waals surface area contributed by atoms with Crippen LogP contribution in [0.15, 0.2) is 12.2 Å². The maximum atomic E-state index is 9.49. The Kier molecular flexibility index (Phi) is 6.34. The van der Waals surface area contributed by atoms with E-state index in [9.17, 15) is 9.90 Å². The minimum Gasteiger partial charge on any atom is -0.545 e. The van der Waals surface area contributed by atoms with Gasteiger partial charge in [0, 0.05) is 0 Å². The first-order valence-corrected chi connectivity index (χ1v) is 2.38. The van der Waals surface area contributed by atoms with E-state index in [2.05, 4.69) is 23.5 Å². The van der Waals surface area contributed by atoms with Crippen molar-refractivity contribution >= 4 is 11.9 Å². The maximum Gasteiger partial charge on any atom is 0.336 e. The van der Waals surface area contributed by atoms with Gasteiger partial charge in [-0.25, -0.2) is 0 Å². The Hall–Kier alpha value is -1.52. The van der Waals surface area contributed by atoms with Crippen LogP contribution in [0.1, 0.15) is 6.92 Å². The predicted octanol–water partition coefficient (Wildman–Crippen LogP) is -3.67. The second-order valence-electron chi connectivity index (χ2n) is 1.57. The highest BCUT2D eigenvalue weighted by molar-refractivity contribution is 5.82. The summed E-state index contributed by atoms with van der Waals surface area (Å²) in [5.74, 6) is -1.27. The van der Waals surface area contributed by atoms with Crippen LogP contribution in [-0.4, -0.2) is 11.9 Å². The van der Waals surface area contributed by atoms with E-state index in [1.54, 1.807) is 0 Å². The maximum absolute atomic E-state index is 9.49. The summed E-state index contributed by atoms with van der Waals surface area (Å²) < 4.78 is 0. The lowest BCUT2D eigenvalue weighted by atomic mass is 10.4. The highest BCUT2D eigenvalue weighted by Crippen LogP contribution is 1.77. The van der Waals surface area contributed by atoms with E-state index >= 15 is 0 Å². The normalized spacial score (nSPS) is 6.90. The molecular formula is C5H11N3O2. The Labute approximate surface area is 58.8 Å². The molecule has 0 saturated carbocycles. The summed E-state index contributed by atoms with van der Waals surface area (Å²) in [6.45, 7) is 4.48. The monoisotopic (exact) mass is 145 g/mol. The van der Waals surface area contributed by atoms with E-state index < -0.39 is 5.97 Å². The number of carboxylic acids is 1. The molecule has 5 nitrogen and oxygen atoms in total. The van der Waals surface area contributed by atoms with Gasteiger partial charge in [0.05, 0.1) is 5.97 Å². The van der Waals surface area contributed by atoms with Gasteiger partial charge < -0.3 is 9.90 Å². The first kappa shape index (κ1) is 11.3. The van der Waals surface area contributed by atoms with Gasteiger partial charge in [0.25, 0.3) is 0 Å². The summed E-state index contributed by atoms with van der Waals surface area (Å²) in [6.07, 6.45) is 0. The van der Waals surface area contributed by atoms with Crippen molar-refractivity contribution in [2.45, 2.75) is 6.92 Å². The minimum absolute atomic E-state index is 0.0648. The third-order valence-corrected chi connectivity index (χ3v) is 0.348. The van der Waals surface area contributed by atoms with Gasteiger partial charge in [-0.15, -0.1) is 0 Å². The lowest BCUT2D eigenvalue weighted by molar-refractivity contribution is -0.299. The molecule has 0 spiro atoms. The number of nitrogens with two attached hydrogens (primary N) is 3. The fourth-order valence-electron chi connectivity index (χ4n) is 0. The molecule has 0 aliphatic carbocycles. The van der Waals surface area contributed by atoms with E-state index in [0.717, 1.165) is 0 Å². The number of hydrogen-bond donors (Lipinski definition) is 3. The van der Waals surface area contributed by atoms with Gasteiger partial charge in [-0.2, -0.15) is 0 Å². The fraction of sp³-hybridized carbons (Fsp3) is 0.200. The minimum atomic E-state index is -1.19. The van der Waals surface area contributed by atoms with Gasteiger partial charge in [0.15, 0.2) is 0 Å². The summed E-state index contributed by atoms with van der Waals surface area (Å²) in [6, 6.07) is 0. The largest absolute Gasteiger partial charge is 0.545 e. The second kappa shape index (κ2) is 5.61. The van der Waals surface area contributed by atoms with Gasteiger partial charge in [-0.3, -0.25) is 16.9 Å². The zero-order valence-electron chi connectivity index (χ0n) is 5.76. The number of hydrogen-bond acceptors (Lipinski definition) is 2. The lowest BCUT2D eigenvalue weighted by Crippen LogP contribution is -2.51. The van der Waals surface area contributed by atoms with Crippen LogP contribution in [0.3, 0.4) is 0 Å². The van der Waals surface area contributed by atoms with E-state index in [1.807, 2.05) is 0 Å². The zero-order valence-corrected chi connectivity index (χ0v) is 5.76. The zero-order chi connectivity index (χ0) is 8.73. The highest BCUT2D eigenvalue weighted by atomic mass is 16.4. The van der Waals surface area contributed by atoms with E-state index in [4.69, 9.17) is 0 Å². The Morgan fingerprint density at radius 2 is 1.70 bits per heavy atom. The molecule has 0 amide bonds. The Bertz CT molecular complexity index is 137. The van der Waals surface area contributed by atoms with Gasteiger partial charge in [-0.05, 0) is 12.5 Å². The van der Waals surface area contributed by atoms with E-state index in [1.165, 1.54) is 6.92 Å². The first-order valence-electron chi connectivity index (χ1n) is 2.38. The second-order valence-corrected chi connectivity index (χ2v) is 1.57. The summed E-state index contributed by atoms with van der Waals surface area (Å²) in [4.78, 5) is 9.49. The SMILES string of the molecule is C=C(C)C(=O)[O-].NC(N)=[NH2+]. The topological polar surface area (TPSA) is 118 Å². The molecule has 0 aromatic carbocycles. The molecule has 58 valence electrons. The molecule has 5 heteroatoms. The van der Waals surface area contributed by atoms with Crippen molar-refractivity contribution in [1.82, 2.24) is 0 Å². The summed E-state index contributed by atoms with van der Waals surface area (Å²) in [7, 11) is 0. The van der Waals surface area contributed by atoms with Crippen molar-refractivity contribution in [2.24, 2.45) is 11.5 Å². The van der Waals surface area contributed by atoms with Crippen LogP contribution >= 0.6 is 0 Å². The fourth-order valence-corrected chi connectivity index (χ4v) is 0. The molecule has 6 N–H and O–H groups in total. The molecule has 0 heterocycles. The molecule has 0 unspecified atom stereocenters. The highest BCUT2D eigenvalue weighted by Gasteiger charge is 1.76. The van der Waals surface area contributed by atoms with Crippen molar-refractivity contribution < 1.29 is 15.3 Å². The number of carbonyl (C=O) groups is 1. The molecule has 0 radical (unpaired) electrons. The number of guanidine groups is 1. The van der Waals surface area contributed by atoms with Crippen molar-refractivity contribution in [3.05, 3.63) is 12.2 Å². The average Bonchev–Trinajstić information content (AvgIpc) is 1.63. The summed E-state index contributed by atoms with van der Waals surface area (Å²) >= 11 is 0. The molecular weight excluding hydrogens is 134 g/mol. The Morgan fingerprint density at radius 1 is 1.60 bits per heavy atom. The van der Waals surface area contributed by atoms with Gasteiger partial charge >= 0.3 is 5.96 Å². The number of aliphatic carboxylic acids is 1. The van der Waals surface area contributed by atoms with Crippen LogP contribution in [0.2, 0.25) is 0 Å². The van der Waals surface area contributed by atoms with Crippen molar-refractivity contribution in [1.29, 1.82) is 0 Å². The molecule has 0 aromatic heterocycles. The smallest absolute Gasteiger partial charge is 0.336 e. The number of carbonyl (C=O) groups excluding carboxylic acids is 1. The molecule has 10 heavy (non-hydrogen) atoms. The molecule has 0 aromatic rings. The lowest BCUT2D eigenvalue weighted by Gasteiger charge is -1.93. The van der Waals surface area contributed by atoms with Crippen LogP contribution in [0.5, 0.6) is 0 Å².